The molecule has 0 saturated heterocycles. The minimum Gasteiger partial charge on any atom is -0.480 e. The van der Waals surface area contributed by atoms with E-state index in [9.17, 15) is 4.79 Å². The van der Waals surface area contributed by atoms with Crippen LogP contribution < -0.4 is 5.32 Å². The van der Waals surface area contributed by atoms with Crippen molar-refractivity contribution in [3.8, 4) is 0 Å². The summed E-state index contributed by atoms with van der Waals surface area (Å²) in [5.74, 6) is -0.0490. The normalized spacial score (nSPS) is 20.6. The molecule has 4 heteroatoms. The summed E-state index contributed by atoms with van der Waals surface area (Å²) >= 11 is 1.82. The van der Waals surface area contributed by atoms with E-state index in [1.165, 1.54) is 32.1 Å². The highest BCUT2D eigenvalue weighted by molar-refractivity contribution is 7.99. The number of aliphatic carboxylic acids is 1. The summed E-state index contributed by atoms with van der Waals surface area (Å²) in [4.78, 5) is 10.7. The van der Waals surface area contributed by atoms with Gasteiger partial charge in [0.2, 0.25) is 0 Å². The molecule has 0 bridgehead atoms. The van der Waals surface area contributed by atoms with Gasteiger partial charge in [-0.05, 0) is 19.9 Å². The van der Waals surface area contributed by atoms with Gasteiger partial charge in [-0.1, -0.05) is 19.3 Å². The molecule has 0 heterocycles. The van der Waals surface area contributed by atoms with Crippen LogP contribution in [0.4, 0.5) is 0 Å². The number of carboxylic acids is 1. The Balaban J connectivity index is 2.20. The first-order valence-electron chi connectivity index (χ1n) is 5.25. The molecule has 14 heavy (non-hydrogen) atoms. The van der Waals surface area contributed by atoms with Gasteiger partial charge in [-0.25, -0.2) is 0 Å². The first-order chi connectivity index (χ1) is 6.74. The fraction of sp³-hybridized carbons (Fsp3) is 0.900. The Morgan fingerprint density at radius 1 is 1.50 bits per heavy atom. The minimum absolute atomic E-state index is 0.387. The van der Waals surface area contributed by atoms with Crippen LogP contribution in [0.25, 0.3) is 0 Å². The van der Waals surface area contributed by atoms with Gasteiger partial charge in [-0.3, -0.25) is 4.79 Å². The Labute approximate surface area is 89.6 Å². The SMILES string of the molecule is CNC(CSC1CCCCC1)C(=O)O. The topological polar surface area (TPSA) is 49.3 Å². The molecular formula is C10H19NO2S. The van der Waals surface area contributed by atoms with Crippen molar-refractivity contribution in [2.45, 2.75) is 43.4 Å². The van der Waals surface area contributed by atoms with Crippen molar-refractivity contribution in [1.29, 1.82) is 0 Å². The Morgan fingerprint density at radius 3 is 2.64 bits per heavy atom. The summed E-state index contributed by atoms with van der Waals surface area (Å²) in [7, 11) is 1.71. The molecule has 82 valence electrons. The number of carbonyl (C=O) groups is 1. The molecule has 0 amide bonds. The van der Waals surface area contributed by atoms with E-state index in [1.54, 1.807) is 7.05 Å². The van der Waals surface area contributed by atoms with Crippen LogP contribution >= 0.6 is 11.8 Å². The maximum atomic E-state index is 10.7. The van der Waals surface area contributed by atoms with Crippen LogP contribution in [0.2, 0.25) is 0 Å². The van der Waals surface area contributed by atoms with E-state index in [0.29, 0.717) is 11.0 Å². The Hall–Kier alpha value is -0.220. The van der Waals surface area contributed by atoms with E-state index in [2.05, 4.69) is 5.32 Å². The van der Waals surface area contributed by atoms with Crippen molar-refractivity contribution in [1.82, 2.24) is 5.32 Å². The van der Waals surface area contributed by atoms with Crippen molar-refractivity contribution < 1.29 is 9.90 Å². The second-order valence-corrected chi connectivity index (χ2v) is 5.11. The van der Waals surface area contributed by atoms with Gasteiger partial charge in [0.05, 0.1) is 0 Å². The molecule has 2 N–H and O–H groups in total. The lowest BCUT2D eigenvalue weighted by molar-refractivity contribution is -0.138. The molecule has 0 aromatic rings. The smallest absolute Gasteiger partial charge is 0.321 e. The lowest BCUT2D eigenvalue weighted by atomic mass is 10.0. The number of likely N-dealkylation sites (N-methyl/N-ethyl adjacent to an activating group) is 1. The number of nitrogens with one attached hydrogen (secondary N) is 1. The van der Waals surface area contributed by atoms with E-state index in [1.807, 2.05) is 11.8 Å². The second-order valence-electron chi connectivity index (χ2n) is 3.77. The zero-order valence-corrected chi connectivity index (χ0v) is 9.48. The van der Waals surface area contributed by atoms with Crippen molar-refractivity contribution in [2.75, 3.05) is 12.8 Å². The molecule has 1 atom stereocenters. The fourth-order valence-corrected chi connectivity index (χ4v) is 3.18. The number of carboxylic acid groups (broad SMARTS) is 1. The molecule has 1 aliphatic carbocycles. The van der Waals surface area contributed by atoms with Gasteiger partial charge in [0.15, 0.2) is 0 Å². The van der Waals surface area contributed by atoms with Crippen LogP contribution in [0.1, 0.15) is 32.1 Å². The molecule has 0 aromatic heterocycles. The fourth-order valence-electron chi connectivity index (χ4n) is 1.74. The quantitative estimate of drug-likeness (QED) is 0.736. The third kappa shape index (κ3) is 3.88. The van der Waals surface area contributed by atoms with Crippen LogP contribution in [0.5, 0.6) is 0 Å². The standard InChI is InChI=1S/C10H19NO2S/c1-11-9(10(12)13)7-14-8-5-3-2-4-6-8/h8-9,11H,2-7H2,1H3,(H,12,13). The molecule has 3 nitrogen and oxygen atoms in total. The van der Waals surface area contributed by atoms with E-state index in [4.69, 9.17) is 5.11 Å². The van der Waals surface area contributed by atoms with Crippen molar-refractivity contribution in [3.63, 3.8) is 0 Å². The highest BCUT2D eigenvalue weighted by atomic mass is 32.2. The lowest BCUT2D eigenvalue weighted by Gasteiger charge is -2.22. The summed E-state index contributed by atoms with van der Waals surface area (Å²) in [5, 5.41) is 12.3. The number of rotatable bonds is 5. The molecule has 1 fully saturated rings. The largest absolute Gasteiger partial charge is 0.480 e. The zero-order chi connectivity index (χ0) is 10.4. The predicted octanol–water partition coefficient (Wildman–Crippen LogP) is 1.72. The summed E-state index contributed by atoms with van der Waals surface area (Å²) in [6.45, 7) is 0. The van der Waals surface area contributed by atoms with Gasteiger partial charge in [0, 0.05) is 11.0 Å². The van der Waals surface area contributed by atoms with Crippen LogP contribution in [0.15, 0.2) is 0 Å². The maximum absolute atomic E-state index is 10.7. The van der Waals surface area contributed by atoms with Crippen molar-refractivity contribution in [3.05, 3.63) is 0 Å². The van der Waals surface area contributed by atoms with E-state index in [-0.39, 0.29) is 6.04 Å². The molecular weight excluding hydrogens is 198 g/mol. The van der Waals surface area contributed by atoms with Gasteiger partial charge in [0.1, 0.15) is 6.04 Å². The Kier molecular flexibility index (Phi) is 5.33. The van der Waals surface area contributed by atoms with E-state index >= 15 is 0 Å². The highest BCUT2D eigenvalue weighted by Gasteiger charge is 2.19. The van der Waals surface area contributed by atoms with Gasteiger partial charge >= 0.3 is 5.97 Å². The summed E-state index contributed by atoms with van der Waals surface area (Å²) in [6.07, 6.45) is 6.51. The van der Waals surface area contributed by atoms with E-state index < -0.39 is 5.97 Å². The summed E-state index contributed by atoms with van der Waals surface area (Å²) in [6, 6.07) is -0.387. The van der Waals surface area contributed by atoms with Gasteiger partial charge in [-0.2, -0.15) is 11.8 Å². The molecule has 0 spiro atoms. The second kappa shape index (κ2) is 6.30. The third-order valence-electron chi connectivity index (χ3n) is 2.70. The first kappa shape index (κ1) is 11.9. The molecule has 0 radical (unpaired) electrons. The van der Waals surface area contributed by atoms with Crippen molar-refractivity contribution >= 4 is 17.7 Å². The monoisotopic (exact) mass is 217 g/mol. The molecule has 1 aliphatic rings. The number of hydrogen-bond donors (Lipinski definition) is 2. The number of hydrogen-bond acceptors (Lipinski definition) is 3. The molecule has 1 rings (SSSR count). The molecule has 1 saturated carbocycles. The van der Waals surface area contributed by atoms with Gasteiger partial charge < -0.3 is 10.4 Å². The van der Waals surface area contributed by atoms with E-state index in [0.717, 1.165) is 0 Å². The van der Waals surface area contributed by atoms with Crippen LogP contribution in [0.3, 0.4) is 0 Å². The summed E-state index contributed by atoms with van der Waals surface area (Å²) in [5.41, 5.74) is 0. The third-order valence-corrected chi connectivity index (χ3v) is 4.17. The summed E-state index contributed by atoms with van der Waals surface area (Å²) < 4.78 is 0. The Bertz CT molecular complexity index is 181. The predicted molar refractivity (Wildman–Crippen MR) is 59.8 cm³/mol. The average molecular weight is 217 g/mol. The minimum atomic E-state index is -0.740. The van der Waals surface area contributed by atoms with Crippen LogP contribution in [-0.4, -0.2) is 35.2 Å². The van der Waals surface area contributed by atoms with Crippen LogP contribution in [0, 0.1) is 0 Å². The van der Waals surface area contributed by atoms with Gasteiger partial charge in [0.25, 0.3) is 0 Å². The first-order valence-corrected chi connectivity index (χ1v) is 6.30. The molecule has 1 unspecified atom stereocenters. The average Bonchev–Trinajstić information content (AvgIpc) is 2.20. The maximum Gasteiger partial charge on any atom is 0.321 e. The highest BCUT2D eigenvalue weighted by Crippen LogP contribution is 2.28. The molecule has 0 aliphatic heterocycles. The lowest BCUT2D eigenvalue weighted by Crippen LogP contribution is -2.36. The zero-order valence-electron chi connectivity index (χ0n) is 8.66. The molecule has 0 aromatic carbocycles. The Morgan fingerprint density at radius 2 is 2.14 bits per heavy atom. The van der Waals surface area contributed by atoms with Crippen LogP contribution in [-0.2, 0) is 4.79 Å². The van der Waals surface area contributed by atoms with Crippen molar-refractivity contribution in [2.24, 2.45) is 0 Å². The van der Waals surface area contributed by atoms with Gasteiger partial charge in [-0.15, -0.1) is 0 Å². The number of thioether (sulfide) groups is 1.